The van der Waals surface area contributed by atoms with Crippen LogP contribution in [0, 0.1) is 5.41 Å². The van der Waals surface area contributed by atoms with Gasteiger partial charge in [-0.15, -0.1) is 0 Å². The summed E-state index contributed by atoms with van der Waals surface area (Å²) in [5.74, 6) is 0. The van der Waals surface area contributed by atoms with Crippen molar-refractivity contribution >= 4 is 11.6 Å². The Balaban J connectivity index is 2.65. The SMILES string of the molecule is CC1CCNC(C(C)(C)C)CN1C/C=C/Cl. The van der Waals surface area contributed by atoms with Crippen LogP contribution in [0.25, 0.3) is 0 Å². The molecule has 0 radical (unpaired) electrons. The third-order valence-electron chi connectivity index (χ3n) is 3.47. The fourth-order valence-electron chi connectivity index (χ4n) is 2.14. The molecule has 0 bridgehead atoms. The van der Waals surface area contributed by atoms with Crippen molar-refractivity contribution in [3.8, 4) is 0 Å². The molecule has 1 rings (SSSR count). The second kappa shape index (κ2) is 6.04. The average molecular weight is 245 g/mol. The Morgan fingerprint density at radius 2 is 2.12 bits per heavy atom. The Labute approximate surface area is 105 Å². The Morgan fingerprint density at radius 3 is 2.69 bits per heavy atom. The number of hydrogen-bond donors (Lipinski definition) is 1. The van der Waals surface area contributed by atoms with E-state index in [1.54, 1.807) is 5.54 Å². The molecule has 0 spiro atoms. The van der Waals surface area contributed by atoms with Gasteiger partial charge in [-0.25, -0.2) is 0 Å². The molecule has 0 amide bonds. The van der Waals surface area contributed by atoms with Crippen LogP contribution in [0.1, 0.15) is 34.1 Å². The number of halogens is 1. The van der Waals surface area contributed by atoms with E-state index in [4.69, 9.17) is 11.6 Å². The maximum atomic E-state index is 5.61. The van der Waals surface area contributed by atoms with Crippen LogP contribution in [0.15, 0.2) is 11.6 Å². The van der Waals surface area contributed by atoms with Gasteiger partial charge in [-0.3, -0.25) is 4.90 Å². The van der Waals surface area contributed by atoms with Gasteiger partial charge in [-0.2, -0.15) is 0 Å². The first-order chi connectivity index (χ1) is 7.45. The van der Waals surface area contributed by atoms with Gasteiger partial charge in [0, 0.05) is 30.7 Å². The third kappa shape index (κ3) is 4.08. The normalized spacial score (nSPS) is 29.6. The minimum Gasteiger partial charge on any atom is -0.312 e. The van der Waals surface area contributed by atoms with Crippen molar-refractivity contribution in [2.45, 2.75) is 46.2 Å². The number of rotatable bonds is 2. The van der Waals surface area contributed by atoms with E-state index in [1.165, 1.54) is 6.42 Å². The van der Waals surface area contributed by atoms with Crippen LogP contribution >= 0.6 is 11.6 Å². The molecule has 2 unspecified atom stereocenters. The van der Waals surface area contributed by atoms with E-state index in [0.29, 0.717) is 17.5 Å². The van der Waals surface area contributed by atoms with Crippen LogP contribution < -0.4 is 5.32 Å². The van der Waals surface area contributed by atoms with Gasteiger partial charge < -0.3 is 5.32 Å². The smallest absolute Gasteiger partial charge is 0.0243 e. The van der Waals surface area contributed by atoms with Gasteiger partial charge in [0.15, 0.2) is 0 Å². The first kappa shape index (κ1) is 14.0. The molecule has 3 heteroatoms. The van der Waals surface area contributed by atoms with E-state index in [2.05, 4.69) is 37.9 Å². The third-order valence-corrected chi connectivity index (χ3v) is 3.65. The molecule has 0 aromatic heterocycles. The molecule has 0 aliphatic carbocycles. The second-order valence-electron chi connectivity index (χ2n) is 5.83. The lowest BCUT2D eigenvalue weighted by Crippen LogP contribution is -2.47. The lowest BCUT2D eigenvalue weighted by molar-refractivity contribution is 0.178. The molecule has 16 heavy (non-hydrogen) atoms. The van der Waals surface area contributed by atoms with E-state index >= 15 is 0 Å². The highest BCUT2D eigenvalue weighted by Crippen LogP contribution is 2.23. The largest absolute Gasteiger partial charge is 0.312 e. The summed E-state index contributed by atoms with van der Waals surface area (Å²) in [5.41, 5.74) is 1.93. The minimum absolute atomic E-state index is 0.312. The molecule has 0 saturated carbocycles. The molecule has 1 N–H and O–H groups in total. The van der Waals surface area contributed by atoms with Crippen molar-refractivity contribution < 1.29 is 0 Å². The van der Waals surface area contributed by atoms with Gasteiger partial charge in [0.2, 0.25) is 0 Å². The summed E-state index contributed by atoms with van der Waals surface area (Å²) in [6, 6.07) is 1.19. The van der Waals surface area contributed by atoms with Crippen LogP contribution in [0.2, 0.25) is 0 Å². The van der Waals surface area contributed by atoms with Crippen LogP contribution in [0.3, 0.4) is 0 Å². The summed E-state index contributed by atoms with van der Waals surface area (Å²) in [6.07, 6.45) is 3.24. The molecule has 0 aromatic carbocycles. The average Bonchev–Trinajstić information content (AvgIpc) is 2.37. The first-order valence-electron chi connectivity index (χ1n) is 6.18. The molecular weight excluding hydrogens is 220 g/mol. The lowest BCUT2D eigenvalue weighted by atomic mass is 9.86. The number of nitrogens with zero attached hydrogens (tertiary/aromatic N) is 1. The van der Waals surface area contributed by atoms with Gasteiger partial charge in [0.1, 0.15) is 0 Å². The van der Waals surface area contributed by atoms with Crippen molar-refractivity contribution in [2.75, 3.05) is 19.6 Å². The summed E-state index contributed by atoms with van der Waals surface area (Å²) in [4.78, 5) is 2.51. The lowest BCUT2D eigenvalue weighted by Gasteiger charge is -2.34. The molecule has 1 aliphatic heterocycles. The van der Waals surface area contributed by atoms with Gasteiger partial charge >= 0.3 is 0 Å². The second-order valence-corrected chi connectivity index (χ2v) is 6.08. The minimum atomic E-state index is 0.312. The topological polar surface area (TPSA) is 15.3 Å². The summed E-state index contributed by atoms with van der Waals surface area (Å²) in [6.45, 7) is 12.4. The molecule has 1 saturated heterocycles. The van der Waals surface area contributed by atoms with Crippen molar-refractivity contribution in [3.63, 3.8) is 0 Å². The highest BCUT2D eigenvalue weighted by molar-refractivity contribution is 6.25. The standard InChI is InChI=1S/C13H25ClN2/c1-11-6-8-15-12(13(2,3)4)10-16(11)9-5-7-14/h5,7,11-12,15H,6,8-10H2,1-4H3/b7-5+. The maximum absolute atomic E-state index is 5.61. The van der Waals surface area contributed by atoms with Crippen molar-refractivity contribution in [1.29, 1.82) is 0 Å². The highest BCUT2D eigenvalue weighted by atomic mass is 35.5. The van der Waals surface area contributed by atoms with E-state index < -0.39 is 0 Å². The Hall–Kier alpha value is -0.0500. The van der Waals surface area contributed by atoms with E-state index in [0.717, 1.165) is 19.6 Å². The first-order valence-corrected chi connectivity index (χ1v) is 6.61. The maximum Gasteiger partial charge on any atom is 0.0243 e. The molecule has 94 valence electrons. The van der Waals surface area contributed by atoms with E-state index in [9.17, 15) is 0 Å². The summed E-state index contributed by atoms with van der Waals surface area (Å²) in [7, 11) is 0. The molecule has 1 aliphatic rings. The van der Waals surface area contributed by atoms with E-state index in [1.807, 2.05) is 6.08 Å². The zero-order chi connectivity index (χ0) is 12.2. The molecule has 2 nitrogen and oxygen atoms in total. The molecule has 0 aromatic rings. The van der Waals surface area contributed by atoms with Crippen LogP contribution in [0.4, 0.5) is 0 Å². The fourth-order valence-corrected chi connectivity index (χ4v) is 2.22. The van der Waals surface area contributed by atoms with E-state index in [-0.39, 0.29) is 0 Å². The Kier molecular flexibility index (Phi) is 5.29. The molecule has 1 heterocycles. The Morgan fingerprint density at radius 1 is 1.44 bits per heavy atom. The zero-order valence-corrected chi connectivity index (χ0v) is 11.7. The number of hydrogen-bond acceptors (Lipinski definition) is 2. The quantitative estimate of drug-likeness (QED) is 0.804. The Bertz CT molecular complexity index is 233. The summed E-state index contributed by atoms with van der Waals surface area (Å²) in [5, 5.41) is 3.66. The number of nitrogens with one attached hydrogen (secondary N) is 1. The van der Waals surface area contributed by atoms with Gasteiger partial charge in [-0.1, -0.05) is 38.4 Å². The van der Waals surface area contributed by atoms with Crippen molar-refractivity contribution in [1.82, 2.24) is 10.2 Å². The van der Waals surface area contributed by atoms with Gasteiger partial charge in [0.05, 0.1) is 0 Å². The zero-order valence-electron chi connectivity index (χ0n) is 11.0. The fraction of sp³-hybridized carbons (Fsp3) is 0.846. The molecule has 2 atom stereocenters. The van der Waals surface area contributed by atoms with Gasteiger partial charge in [-0.05, 0) is 25.3 Å². The van der Waals surface area contributed by atoms with Crippen LogP contribution in [0.5, 0.6) is 0 Å². The monoisotopic (exact) mass is 244 g/mol. The molecule has 1 fully saturated rings. The van der Waals surface area contributed by atoms with Gasteiger partial charge in [0.25, 0.3) is 0 Å². The summed E-state index contributed by atoms with van der Waals surface area (Å²) < 4.78 is 0. The van der Waals surface area contributed by atoms with Crippen molar-refractivity contribution in [3.05, 3.63) is 11.6 Å². The predicted molar refractivity (Wildman–Crippen MR) is 71.9 cm³/mol. The van der Waals surface area contributed by atoms with Crippen LogP contribution in [-0.2, 0) is 0 Å². The predicted octanol–water partition coefficient (Wildman–Crippen LogP) is 2.84. The summed E-state index contributed by atoms with van der Waals surface area (Å²) >= 11 is 5.61. The van der Waals surface area contributed by atoms with Crippen LogP contribution in [-0.4, -0.2) is 36.6 Å². The van der Waals surface area contributed by atoms with Crippen molar-refractivity contribution in [2.24, 2.45) is 5.41 Å². The highest BCUT2D eigenvalue weighted by Gasteiger charge is 2.29. The molecular formula is C13H25ClN2.